The molecule has 1 unspecified atom stereocenters. The van der Waals surface area contributed by atoms with E-state index < -0.39 is 0 Å². The molecule has 16 heavy (non-hydrogen) atoms. The van der Waals surface area contributed by atoms with E-state index in [1.165, 1.54) is 6.92 Å². The molecular formula is C10H20N2O4. The molecule has 6 heteroatoms. The lowest BCUT2D eigenvalue weighted by molar-refractivity contribution is -0.125. The second kappa shape index (κ2) is 11.6. The zero-order valence-electron chi connectivity index (χ0n) is 9.73. The molecule has 0 aliphatic rings. The van der Waals surface area contributed by atoms with Gasteiger partial charge < -0.3 is 21.0 Å². The predicted molar refractivity (Wildman–Crippen MR) is 59.4 cm³/mol. The van der Waals surface area contributed by atoms with Gasteiger partial charge >= 0.3 is 0 Å². The molecule has 0 radical (unpaired) electrons. The smallest absolute Gasteiger partial charge is 0.222 e. The van der Waals surface area contributed by atoms with Crippen LogP contribution >= 0.6 is 0 Å². The van der Waals surface area contributed by atoms with Gasteiger partial charge in [-0.05, 0) is 13.3 Å². The summed E-state index contributed by atoms with van der Waals surface area (Å²) in [7, 11) is 0. The number of nitrogens with one attached hydrogen (secondary N) is 1. The van der Waals surface area contributed by atoms with E-state index in [0.29, 0.717) is 12.8 Å². The van der Waals surface area contributed by atoms with Crippen LogP contribution in [0.3, 0.4) is 0 Å². The maximum absolute atomic E-state index is 11.2. The molecule has 0 aromatic carbocycles. The minimum absolute atomic E-state index is 0.0504. The summed E-state index contributed by atoms with van der Waals surface area (Å²) < 4.78 is 0. The lowest BCUT2D eigenvalue weighted by atomic mass is 10.0. The van der Waals surface area contributed by atoms with Gasteiger partial charge in [-0.25, -0.2) is 0 Å². The minimum Gasteiger partial charge on any atom is -0.395 e. The fourth-order valence-electron chi connectivity index (χ4n) is 0.904. The Labute approximate surface area is 95.2 Å². The number of nitrogens with two attached hydrogens (primary N) is 1. The van der Waals surface area contributed by atoms with Gasteiger partial charge in [-0.15, -0.1) is 0 Å². The van der Waals surface area contributed by atoms with Crippen molar-refractivity contribution in [3.8, 4) is 0 Å². The molecule has 0 aromatic heterocycles. The Balaban J connectivity index is 0. The van der Waals surface area contributed by atoms with E-state index in [9.17, 15) is 9.59 Å². The summed E-state index contributed by atoms with van der Waals surface area (Å²) in [5.41, 5.74) is 4.17. The van der Waals surface area contributed by atoms with Crippen LogP contribution in [0, 0.1) is 5.92 Å². The predicted octanol–water partition coefficient (Wildman–Crippen LogP) is -0.798. The summed E-state index contributed by atoms with van der Waals surface area (Å²) in [4.78, 5) is 30.4. The second-order valence-electron chi connectivity index (χ2n) is 3.29. The Bertz CT molecular complexity index is 219. The molecule has 2 amide bonds. The van der Waals surface area contributed by atoms with Crippen molar-refractivity contribution in [3.05, 3.63) is 0 Å². The zero-order valence-corrected chi connectivity index (χ0v) is 9.73. The SMILES string of the molecule is CC(=O)CCC(C)C(=O)NCCO.NC=O. The van der Waals surface area contributed by atoms with Gasteiger partial charge in [0.05, 0.1) is 6.61 Å². The molecule has 0 saturated carbocycles. The number of aliphatic hydroxyl groups excluding tert-OH is 1. The van der Waals surface area contributed by atoms with Gasteiger partial charge in [-0.3, -0.25) is 9.59 Å². The largest absolute Gasteiger partial charge is 0.395 e. The van der Waals surface area contributed by atoms with E-state index in [4.69, 9.17) is 9.90 Å². The number of amides is 2. The van der Waals surface area contributed by atoms with Crippen molar-refractivity contribution in [3.63, 3.8) is 0 Å². The molecule has 0 aliphatic heterocycles. The molecule has 0 rings (SSSR count). The Morgan fingerprint density at radius 1 is 1.50 bits per heavy atom. The number of Topliss-reactive ketones (excluding diaryl/α,β-unsaturated/α-hetero) is 1. The van der Waals surface area contributed by atoms with Gasteiger partial charge in [0.15, 0.2) is 0 Å². The molecule has 6 nitrogen and oxygen atoms in total. The summed E-state index contributed by atoms with van der Waals surface area (Å²) >= 11 is 0. The Hall–Kier alpha value is -1.43. The van der Waals surface area contributed by atoms with Gasteiger partial charge in [0, 0.05) is 18.9 Å². The number of carbonyl (C=O) groups excluding carboxylic acids is 3. The van der Waals surface area contributed by atoms with Crippen LogP contribution in [0.15, 0.2) is 0 Å². The molecule has 0 heterocycles. The van der Waals surface area contributed by atoms with Crippen molar-refractivity contribution in [2.24, 2.45) is 11.7 Å². The third-order valence-electron chi connectivity index (χ3n) is 1.79. The summed E-state index contributed by atoms with van der Waals surface area (Å²) in [6.45, 7) is 3.52. The van der Waals surface area contributed by atoms with E-state index in [2.05, 4.69) is 11.1 Å². The highest BCUT2D eigenvalue weighted by molar-refractivity contribution is 5.80. The maximum Gasteiger partial charge on any atom is 0.222 e. The van der Waals surface area contributed by atoms with Crippen LogP contribution in [0.2, 0.25) is 0 Å². The minimum atomic E-state index is -0.157. The van der Waals surface area contributed by atoms with Gasteiger partial charge in [0.2, 0.25) is 12.3 Å². The fourth-order valence-corrected chi connectivity index (χ4v) is 0.904. The van der Waals surface area contributed by atoms with E-state index in [1.54, 1.807) is 6.92 Å². The summed E-state index contributed by atoms with van der Waals surface area (Å²) in [5.74, 6) is -0.160. The number of aliphatic hydroxyl groups is 1. The van der Waals surface area contributed by atoms with Gasteiger partial charge in [0.25, 0.3) is 0 Å². The first-order valence-corrected chi connectivity index (χ1v) is 5.02. The highest BCUT2D eigenvalue weighted by Crippen LogP contribution is 2.05. The van der Waals surface area contributed by atoms with Crippen LogP contribution in [-0.4, -0.2) is 36.4 Å². The lowest BCUT2D eigenvalue weighted by Gasteiger charge is -2.09. The van der Waals surface area contributed by atoms with Crippen LogP contribution < -0.4 is 11.1 Å². The molecule has 1 atom stereocenters. The first-order chi connectivity index (χ1) is 7.49. The molecule has 0 saturated heterocycles. The number of hydrogen-bond acceptors (Lipinski definition) is 4. The van der Waals surface area contributed by atoms with E-state index in [0.717, 1.165) is 0 Å². The number of ketones is 1. The molecule has 0 aromatic rings. The number of rotatable bonds is 6. The van der Waals surface area contributed by atoms with Gasteiger partial charge in [-0.1, -0.05) is 6.92 Å². The van der Waals surface area contributed by atoms with E-state index in [1.807, 2.05) is 0 Å². The van der Waals surface area contributed by atoms with Crippen LogP contribution in [0.25, 0.3) is 0 Å². The quantitative estimate of drug-likeness (QED) is 0.521. The van der Waals surface area contributed by atoms with Crippen LogP contribution in [0.4, 0.5) is 0 Å². The van der Waals surface area contributed by atoms with E-state index >= 15 is 0 Å². The standard InChI is InChI=1S/C9H17NO3.CH3NO/c1-7(3-4-8(2)12)9(13)10-5-6-11;2-1-3/h7,11H,3-6H2,1-2H3,(H,10,13);1H,(H2,2,3). The zero-order chi connectivity index (χ0) is 13.0. The fraction of sp³-hybridized carbons (Fsp3) is 0.700. The topological polar surface area (TPSA) is 109 Å². The molecule has 0 aliphatic carbocycles. The van der Waals surface area contributed by atoms with Crippen LogP contribution in [0.1, 0.15) is 26.7 Å². The normalized spacial score (nSPS) is 10.7. The molecular weight excluding hydrogens is 212 g/mol. The van der Waals surface area contributed by atoms with Crippen molar-refractivity contribution in [1.29, 1.82) is 0 Å². The average molecular weight is 232 g/mol. The molecule has 94 valence electrons. The van der Waals surface area contributed by atoms with E-state index in [-0.39, 0.29) is 37.2 Å². The lowest BCUT2D eigenvalue weighted by Crippen LogP contribution is -2.31. The van der Waals surface area contributed by atoms with Crippen molar-refractivity contribution < 1.29 is 19.5 Å². The highest BCUT2D eigenvalue weighted by atomic mass is 16.3. The number of carbonyl (C=O) groups is 3. The van der Waals surface area contributed by atoms with Crippen molar-refractivity contribution in [2.75, 3.05) is 13.2 Å². The number of hydrogen-bond donors (Lipinski definition) is 3. The van der Waals surface area contributed by atoms with Crippen LogP contribution in [-0.2, 0) is 14.4 Å². The summed E-state index contributed by atoms with van der Waals surface area (Å²) in [5, 5.41) is 11.0. The molecule has 0 fully saturated rings. The molecule has 0 bridgehead atoms. The van der Waals surface area contributed by atoms with Crippen LogP contribution in [0.5, 0.6) is 0 Å². The maximum atomic E-state index is 11.2. The van der Waals surface area contributed by atoms with Gasteiger partial charge in [-0.2, -0.15) is 0 Å². The molecule has 4 N–H and O–H groups in total. The average Bonchev–Trinajstić information content (AvgIpc) is 2.23. The number of primary amides is 1. The second-order valence-corrected chi connectivity index (χ2v) is 3.29. The Morgan fingerprint density at radius 2 is 2.00 bits per heavy atom. The van der Waals surface area contributed by atoms with Crippen molar-refractivity contribution in [1.82, 2.24) is 5.32 Å². The van der Waals surface area contributed by atoms with Crippen molar-refractivity contribution in [2.45, 2.75) is 26.7 Å². The summed E-state index contributed by atoms with van der Waals surface area (Å²) in [6, 6.07) is 0. The Morgan fingerprint density at radius 3 is 2.38 bits per heavy atom. The van der Waals surface area contributed by atoms with Gasteiger partial charge in [0.1, 0.15) is 5.78 Å². The Kier molecular flexibility index (Phi) is 12.4. The third kappa shape index (κ3) is 12.6. The first-order valence-electron chi connectivity index (χ1n) is 5.02. The monoisotopic (exact) mass is 232 g/mol. The molecule has 0 spiro atoms. The highest BCUT2D eigenvalue weighted by Gasteiger charge is 2.12. The third-order valence-corrected chi connectivity index (χ3v) is 1.79. The summed E-state index contributed by atoms with van der Waals surface area (Å²) in [6.07, 6.45) is 1.26. The van der Waals surface area contributed by atoms with Crippen molar-refractivity contribution >= 4 is 18.1 Å². The first kappa shape index (κ1) is 17.0.